The van der Waals surface area contributed by atoms with E-state index in [1.807, 2.05) is 18.2 Å². The van der Waals surface area contributed by atoms with Crippen molar-refractivity contribution in [1.82, 2.24) is 15.0 Å². The van der Waals surface area contributed by atoms with Crippen LogP contribution in [0.15, 0.2) is 66.7 Å². The highest BCUT2D eigenvalue weighted by Gasteiger charge is 2.20. The zero-order valence-corrected chi connectivity index (χ0v) is 24.2. The van der Waals surface area contributed by atoms with E-state index in [1.165, 1.54) is 19.2 Å². The third-order valence-electron chi connectivity index (χ3n) is 6.50. The summed E-state index contributed by atoms with van der Waals surface area (Å²) in [5, 5.41) is 37.4. The largest absolute Gasteiger partial charge is 0.497 e. The van der Waals surface area contributed by atoms with E-state index in [-0.39, 0.29) is 11.6 Å². The van der Waals surface area contributed by atoms with Crippen LogP contribution in [0.1, 0.15) is 5.56 Å². The molecule has 0 radical (unpaired) electrons. The first-order valence-corrected chi connectivity index (χ1v) is 13.4. The molecule has 0 atom stereocenters. The van der Waals surface area contributed by atoms with E-state index in [0.717, 1.165) is 15.4 Å². The fraction of sp³-hybridized carbons (Fsp3) is 0.194. The number of carbonyl (C=O) groups is 4. The van der Waals surface area contributed by atoms with Crippen molar-refractivity contribution in [2.45, 2.75) is 6.92 Å². The molecule has 3 aromatic heterocycles. The van der Waals surface area contributed by atoms with Crippen molar-refractivity contribution in [1.29, 1.82) is 0 Å². The monoisotopic (exact) mass is 615 g/mol. The fourth-order valence-corrected chi connectivity index (χ4v) is 4.54. The Morgan fingerprint density at radius 2 is 1.18 bits per heavy atom. The lowest BCUT2D eigenvalue weighted by molar-refractivity contribution is -0.138. The molecule has 0 saturated carbocycles. The van der Waals surface area contributed by atoms with Gasteiger partial charge in [0, 0.05) is 0 Å². The topological polar surface area (TPSA) is 204 Å². The maximum Gasteiger partial charge on any atom is 0.323 e. The standard InChI is InChI=1S/C31H29N5O9/c1-18-9-10-26(36(16-29(41)42)17-30(43)44)34-31(18)24-13-20(19-5-3-6-21(11-19)45-2)12-23(32-24)22-7-4-8-25(33-22)35(14-27(37)38)15-28(39)40/h3-13H,14-17H2,1-2H3,(H,37,38)(H,39,40)(H,41,42)(H,43,44). The Morgan fingerprint density at radius 1 is 0.622 bits per heavy atom. The molecule has 232 valence electrons. The summed E-state index contributed by atoms with van der Waals surface area (Å²) in [7, 11) is 1.54. The number of hydrogen-bond acceptors (Lipinski definition) is 10. The Hall–Kier alpha value is -6.05. The molecular weight excluding hydrogens is 586 g/mol. The molecule has 0 aliphatic heterocycles. The van der Waals surface area contributed by atoms with Crippen molar-refractivity contribution < 1.29 is 44.3 Å². The van der Waals surface area contributed by atoms with E-state index in [4.69, 9.17) is 9.72 Å². The van der Waals surface area contributed by atoms with Crippen LogP contribution in [0, 0.1) is 6.92 Å². The van der Waals surface area contributed by atoms with E-state index in [9.17, 15) is 39.6 Å². The Bertz CT molecular complexity index is 1730. The number of anilines is 2. The van der Waals surface area contributed by atoms with Gasteiger partial charge in [0.05, 0.1) is 29.9 Å². The molecule has 0 unspecified atom stereocenters. The minimum atomic E-state index is -1.23. The highest BCUT2D eigenvalue weighted by Crippen LogP contribution is 2.33. The van der Waals surface area contributed by atoms with Gasteiger partial charge in [0.1, 0.15) is 43.6 Å². The Morgan fingerprint density at radius 3 is 1.76 bits per heavy atom. The van der Waals surface area contributed by atoms with Gasteiger partial charge in [-0.1, -0.05) is 24.3 Å². The molecule has 1 aromatic carbocycles. The number of rotatable bonds is 14. The molecule has 3 heterocycles. The van der Waals surface area contributed by atoms with Crippen LogP contribution in [0.2, 0.25) is 0 Å². The van der Waals surface area contributed by atoms with Gasteiger partial charge in [-0.05, 0) is 66.1 Å². The first-order chi connectivity index (χ1) is 21.4. The quantitative estimate of drug-likeness (QED) is 0.161. The number of carboxylic acid groups (broad SMARTS) is 4. The maximum absolute atomic E-state index is 11.5. The number of pyridine rings is 3. The summed E-state index contributed by atoms with van der Waals surface area (Å²) in [6, 6.07) is 18.7. The molecule has 0 amide bonds. The average molecular weight is 616 g/mol. The van der Waals surface area contributed by atoms with Crippen molar-refractivity contribution in [3.05, 3.63) is 72.3 Å². The number of aromatic nitrogens is 3. The normalized spacial score (nSPS) is 10.6. The maximum atomic E-state index is 11.5. The highest BCUT2D eigenvalue weighted by molar-refractivity contribution is 5.81. The first-order valence-electron chi connectivity index (χ1n) is 13.4. The van der Waals surface area contributed by atoms with Gasteiger partial charge in [0.25, 0.3) is 0 Å². The molecule has 45 heavy (non-hydrogen) atoms. The summed E-state index contributed by atoms with van der Waals surface area (Å²) in [4.78, 5) is 62.0. The van der Waals surface area contributed by atoms with Gasteiger partial charge < -0.3 is 35.0 Å². The Kier molecular flexibility index (Phi) is 9.88. The van der Waals surface area contributed by atoms with Gasteiger partial charge in [-0.3, -0.25) is 19.2 Å². The van der Waals surface area contributed by atoms with Crippen molar-refractivity contribution in [3.8, 4) is 39.7 Å². The van der Waals surface area contributed by atoms with Crippen LogP contribution in [0.3, 0.4) is 0 Å². The van der Waals surface area contributed by atoms with Gasteiger partial charge in [-0.15, -0.1) is 0 Å². The second-order valence-corrected chi connectivity index (χ2v) is 9.86. The third kappa shape index (κ3) is 8.28. The predicted octanol–water partition coefficient (Wildman–Crippen LogP) is 3.14. The average Bonchev–Trinajstić information content (AvgIpc) is 2.99. The molecule has 4 N–H and O–H groups in total. The summed E-state index contributed by atoms with van der Waals surface area (Å²) in [6.07, 6.45) is 0. The molecule has 0 aliphatic carbocycles. The molecule has 0 fully saturated rings. The second kappa shape index (κ2) is 13.9. The molecule has 0 bridgehead atoms. The number of methoxy groups -OCH3 is 1. The molecule has 14 nitrogen and oxygen atoms in total. The minimum absolute atomic E-state index is 0.113. The highest BCUT2D eigenvalue weighted by atomic mass is 16.5. The van der Waals surface area contributed by atoms with Crippen molar-refractivity contribution in [2.75, 3.05) is 43.1 Å². The second-order valence-electron chi connectivity index (χ2n) is 9.86. The number of hydrogen-bond donors (Lipinski definition) is 4. The van der Waals surface area contributed by atoms with Crippen LogP contribution in [-0.2, 0) is 19.2 Å². The van der Waals surface area contributed by atoms with Gasteiger partial charge in [0.2, 0.25) is 0 Å². The fourth-order valence-electron chi connectivity index (χ4n) is 4.54. The van der Waals surface area contributed by atoms with Crippen LogP contribution >= 0.6 is 0 Å². The number of nitrogens with zero attached hydrogens (tertiary/aromatic N) is 5. The summed E-state index contributed by atoms with van der Waals surface area (Å²) >= 11 is 0. The van der Waals surface area contributed by atoms with Gasteiger partial charge in [-0.2, -0.15) is 0 Å². The Balaban J connectivity index is 1.91. The number of benzene rings is 1. The van der Waals surface area contributed by atoms with E-state index >= 15 is 0 Å². The number of aliphatic carboxylic acids is 4. The van der Waals surface area contributed by atoms with E-state index < -0.39 is 50.1 Å². The minimum Gasteiger partial charge on any atom is -0.497 e. The van der Waals surface area contributed by atoms with Crippen molar-refractivity contribution >= 4 is 35.5 Å². The number of ether oxygens (including phenoxy) is 1. The lowest BCUT2D eigenvalue weighted by Gasteiger charge is -2.21. The van der Waals surface area contributed by atoms with Gasteiger partial charge in [0.15, 0.2) is 0 Å². The van der Waals surface area contributed by atoms with Crippen LogP contribution in [0.25, 0.3) is 33.9 Å². The molecule has 0 spiro atoms. The van der Waals surface area contributed by atoms with Crippen LogP contribution in [-0.4, -0.2) is 92.5 Å². The number of aryl methyl sites for hydroxylation is 1. The summed E-state index contributed by atoms with van der Waals surface area (Å²) in [5.41, 5.74) is 3.46. The summed E-state index contributed by atoms with van der Waals surface area (Å²) < 4.78 is 5.39. The van der Waals surface area contributed by atoms with Crippen LogP contribution < -0.4 is 14.5 Å². The van der Waals surface area contributed by atoms with Gasteiger partial charge in [-0.25, -0.2) is 15.0 Å². The van der Waals surface area contributed by atoms with Crippen LogP contribution in [0.4, 0.5) is 11.6 Å². The summed E-state index contributed by atoms with van der Waals surface area (Å²) in [5.74, 6) is -4.09. The van der Waals surface area contributed by atoms with Crippen molar-refractivity contribution in [2.24, 2.45) is 0 Å². The molecule has 14 heteroatoms. The summed E-state index contributed by atoms with van der Waals surface area (Å²) in [6.45, 7) is -0.595. The van der Waals surface area contributed by atoms with E-state index in [0.29, 0.717) is 39.7 Å². The number of carboxylic acids is 4. The van der Waals surface area contributed by atoms with E-state index in [2.05, 4.69) is 9.97 Å². The zero-order valence-electron chi connectivity index (χ0n) is 24.2. The molecule has 4 rings (SSSR count). The lowest BCUT2D eigenvalue weighted by Crippen LogP contribution is -2.35. The van der Waals surface area contributed by atoms with Crippen LogP contribution in [0.5, 0.6) is 5.75 Å². The first kappa shape index (κ1) is 31.9. The van der Waals surface area contributed by atoms with Crippen molar-refractivity contribution in [3.63, 3.8) is 0 Å². The Labute approximate surface area is 256 Å². The smallest absolute Gasteiger partial charge is 0.323 e. The molecule has 0 aliphatic rings. The SMILES string of the molecule is COc1cccc(-c2cc(-c3cccc(N(CC(=O)O)CC(=O)O)n3)nc(-c3nc(N(CC(=O)O)CC(=O)O)ccc3C)c2)c1. The van der Waals surface area contributed by atoms with Gasteiger partial charge >= 0.3 is 23.9 Å². The lowest BCUT2D eigenvalue weighted by atomic mass is 10.0. The zero-order chi connectivity index (χ0) is 32.7. The predicted molar refractivity (Wildman–Crippen MR) is 162 cm³/mol. The molecule has 0 saturated heterocycles. The van der Waals surface area contributed by atoms with E-state index in [1.54, 1.807) is 43.3 Å². The molecule has 4 aromatic rings. The molecular formula is C31H29N5O9. The third-order valence-corrected chi connectivity index (χ3v) is 6.50.